The summed E-state index contributed by atoms with van der Waals surface area (Å²) < 4.78 is 0. The molecule has 1 aromatic carbocycles. The number of hydrogen-bond acceptors (Lipinski definition) is 6. The van der Waals surface area contributed by atoms with E-state index in [1.807, 2.05) is 12.1 Å². The lowest BCUT2D eigenvalue weighted by molar-refractivity contribution is 0.266. The first-order chi connectivity index (χ1) is 11.6. The molecule has 0 unspecified atom stereocenters. The maximum absolute atomic E-state index is 9.29. The lowest BCUT2D eigenvalue weighted by Gasteiger charge is -2.21. The number of hydrogen-bond donors (Lipinski definition) is 2. The van der Waals surface area contributed by atoms with Crippen LogP contribution in [-0.2, 0) is 6.54 Å². The molecule has 0 bridgehead atoms. The first-order valence-corrected chi connectivity index (χ1v) is 8.23. The molecule has 0 radical (unpaired) electrons. The molecular formula is C18H24N6. The number of nitriles is 1. The molecule has 1 aromatic heterocycles. The van der Waals surface area contributed by atoms with Crippen LogP contribution in [0.25, 0.3) is 11.3 Å². The van der Waals surface area contributed by atoms with Crippen LogP contribution in [0.5, 0.6) is 0 Å². The second-order valence-electron chi connectivity index (χ2n) is 5.78. The van der Waals surface area contributed by atoms with E-state index in [1.54, 1.807) is 0 Å². The summed E-state index contributed by atoms with van der Waals surface area (Å²) in [5.41, 5.74) is 14.2. The summed E-state index contributed by atoms with van der Waals surface area (Å²) in [5.74, 6) is 0.184. The second-order valence-corrected chi connectivity index (χ2v) is 5.78. The van der Waals surface area contributed by atoms with Crippen LogP contribution in [-0.4, -0.2) is 28.0 Å². The van der Waals surface area contributed by atoms with E-state index >= 15 is 0 Å². The van der Waals surface area contributed by atoms with Gasteiger partial charge in [0.1, 0.15) is 17.5 Å². The molecule has 0 saturated heterocycles. The van der Waals surface area contributed by atoms with E-state index in [4.69, 9.17) is 11.5 Å². The van der Waals surface area contributed by atoms with Gasteiger partial charge in [-0.15, -0.1) is 0 Å². The highest BCUT2D eigenvalue weighted by Crippen LogP contribution is 2.25. The molecule has 1 heterocycles. The lowest BCUT2D eigenvalue weighted by Crippen LogP contribution is -2.24. The topological polar surface area (TPSA) is 105 Å². The third-order valence-corrected chi connectivity index (χ3v) is 3.78. The zero-order chi connectivity index (χ0) is 17.5. The predicted molar refractivity (Wildman–Crippen MR) is 96.9 cm³/mol. The molecule has 0 saturated carbocycles. The van der Waals surface area contributed by atoms with Crippen molar-refractivity contribution in [1.29, 1.82) is 5.26 Å². The normalized spacial score (nSPS) is 10.8. The Kier molecular flexibility index (Phi) is 6.10. The van der Waals surface area contributed by atoms with Crippen LogP contribution in [0.3, 0.4) is 0 Å². The Labute approximate surface area is 143 Å². The van der Waals surface area contributed by atoms with E-state index in [1.165, 1.54) is 5.56 Å². The summed E-state index contributed by atoms with van der Waals surface area (Å²) in [6.45, 7) is 7.49. The first-order valence-electron chi connectivity index (χ1n) is 8.23. The van der Waals surface area contributed by atoms with Gasteiger partial charge in [0.25, 0.3) is 0 Å². The highest BCUT2D eigenvalue weighted by molar-refractivity contribution is 5.73. The Balaban J connectivity index is 2.25. The molecule has 0 fully saturated rings. The van der Waals surface area contributed by atoms with Crippen LogP contribution < -0.4 is 11.5 Å². The largest absolute Gasteiger partial charge is 0.382 e. The molecule has 6 heteroatoms. The fraction of sp³-hybridized carbons (Fsp3) is 0.389. The number of nitrogens with zero attached hydrogens (tertiary/aromatic N) is 4. The van der Waals surface area contributed by atoms with Crippen molar-refractivity contribution in [2.75, 3.05) is 24.6 Å². The van der Waals surface area contributed by atoms with E-state index in [2.05, 4.69) is 46.9 Å². The molecule has 2 rings (SSSR count). The van der Waals surface area contributed by atoms with Crippen molar-refractivity contribution in [3.05, 3.63) is 35.4 Å². The molecule has 24 heavy (non-hydrogen) atoms. The van der Waals surface area contributed by atoms with Crippen molar-refractivity contribution in [2.24, 2.45) is 0 Å². The van der Waals surface area contributed by atoms with Crippen LogP contribution in [0, 0.1) is 11.3 Å². The highest BCUT2D eigenvalue weighted by Gasteiger charge is 2.13. The van der Waals surface area contributed by atoms with E-state index in [-0.39, 0.29) is 17.3 Å². The summed E-state index contributed by atoms with van der Waals surface area (Å²) in [5, 5.41) is 9.29. The average Bonchev–Trinajstić information content (AvgIpc) is 2.55. The molecular weight excluding hydrogens is 300 g/mol. The predicted octanol–water partition coefficient (Wildman–Crippen LogP) is 2.80. The van der Waals surface area contributed by atoms with Crippen molar-refractivity contribution in [3.8, 4) is 17.3 Å². The van der Waals surface area contributed by atoms with Crippen molar-refractivity contribution < 1.29 is 0 Å². The minimum absolute atomic E-state index is 0.0719. The minimum atomic E-state index is 0.0719. The fourth-order valence-electron chi connectivity index (χ4n) is 2.74. The molecule has 0 aliphatic carbocycles. The third kappa shape index (κ3) is 4.21. The summed E-state index contributed by atoms with van der Waals surface area (Å²) in [4.78, 5) is 10.5. The van der Waals surface area contributed by atoms with Crippen molar-refractivity contribution in [2.45, 2.75) is 33.2 Å². The van der Waals surface area contributed by atoms with Gasteiger partial charge < -0.3 is 11.5 Å². The molecule has 0 atom stereocenters. The number of nitrogen functional groups attached to an aromatic ring is 2. The molecule has 0 spiro atoms. The Hall–Kier alpha value is -2.65. The van der Waals surface area contributed by atoms with Gasteiger partial charge in [-0.2, -0.15) is 10.2 Å². The van der Waals surface area contributed by atoms with Crippen molar-refractivity contribution in [1.82, 2.24) is 14.9 Å². The van der Waals surface area contributed by atoms with E-state index in [9.17, 15) is 5.26 Å². The maximum Gasteiger partial charge on any atom is 0.222 e. The smallest absolute Gasteiger partial charge is 0.222 e. The minimum Gasteiger partial charge on any atom is -0.382 e. The van der Waals surface area contributed by atoms with E-state index in [0.717, 1.165) is 38.0 Å². The molecule has 0 amide bonds. The zero-order valence-electron chi connectivity index (χ0n) is 14.3. The van der Waals surface area contributed by atoms with E-state index < -0.39 is 0 Å². The van der Waals surface area contributed by atoms with Gasteiger partial charge in [-0.25, -0.2) is 4.98 Å². The molecule has 0 aliphatic heterocycles. The molecule has 0 aliphatic rings. The number of rotatable bonds is 7. The summed E-state index contributed by atoms with van der Waals surface area (Å²) >= 11 is 0. The van der Waals surface area contributed by atoms with Crippen LogP contribution in [0.4, 0.5) is 11.8 Å². The average molecular weight is 324 g/mol. The van der Waals surface area contributed by atoms with Crippen LogP contribution >= 0.6 is 0 Å². The summed E-state index contributed by atoms with van der Waals surface area (Å²) in [6, 6.07) is 10.1. The van der Waals surface area contributed by atoms with Gasteiger partial charge in [-0.3, -0.25) is 4.90 Å². The summed E-state index contributed by atoms with van der Waals surface area (Å²) in [6.07, 6.45) is 2.28. The van der Waals surface area contributed by atoms with Gasteiger partial charge in [-0.1, -0.05) is 38.1 Å². The van der Waals surface area contributed by atoms with E-state index in [0.29, 0.717) is 5.69 Å². The number of aromatic nitrogens is 2. The van der Waals surface area contributed by atoms with Gasteiger partial charge in [-0.05, 0) is 31.5 Å². The Bertz CT molecular complexity index is 712. The van der Waals surface area contributed by atoms with Crippen LogP contribution in [0.1, 0.15) is 37.8 Å². The third-order valence-electron chi connectivity index (χ3n) is 3.78. The Morgan fingerprint density at radius 3 is 2.21 bits per heavy atom. The van der Waals surface area contributed by atoms with Gasteiger partial charge in [0.2, 0.25) is 5.95 Å². The SMILES string of the molecule is CCCN(CCC)Cc1ccc(-c2nc(N)nc(N)c2C#N)cc1. The second kappa shape index (κ2) is 8.27. The fourth-order valence-corrected chi connectivity index (χ4v) is 2.74. The van der Waals surface area contributed by atoms with Gasteiger partial charge in [0, 0.05) is 12.1 Å². The van der Waals surface area contributed by atoms with Gasteiger partial charge in [0.05, 0.1) is 5.69 Å². The first kappa shape index (κ1) is 17.7. The monoisotopic (exact) mass is 324 g/mol. The van der Waals surface area contributed by atoms with Crippen LogP contribution in [0.15, 0.2) is 24.3 Å². The van der Waals surface area contributed by atoms with Crippen molar-refractivity contribution >= 4 is 11.8 Å². The molecule has 6 nitrogen and oxygen atoms in total. The Morgan fingerprint density at radius 1 is 1.04 bits per heavy atom. The molecule has 2 aromatic rings. The van der Waals surface area contributed by atoms with Gasteiger partial charge >= 0.3 is 0 Å². The van der Waals surface area contributed by atoms with Crippen molar-refractivity contribution in [3.63, 3.8) is 0 Å². The maximum atomic E-state index is 9.29. The number of nitrogens with two attached hydrogens (primary N) is 2. The van der Waals surface area contributed by atoms with Crippen LogP contribution in [0.2, 0.25) is 0 Å². The number of benzene rings is 1. The number of anilines is 2. The van der Waals surface area contributed by atoms with Gasteiger partial charge in [0.15, 0.2) is 0 Å². The highest BCUT2D eigenvalue weighted by atomic mass is 15.1. The lowest BCUT2D eigenvalue weighted by atomic mass is 10.0. The Morgan fingerprint density at radius 2 is 1.67 bits per heavy atom. The zero-order valence-corrected chi connectivity index (χ0v) is 14.3. The quantitative estimate of drug-likeness (QED) is 0.811. The summed E-state index contributed by atoms with van der Waals surface area (Å²) in [7, 11) is 0. The standard InChI is InChI=1S/C18H24N6/c1-3-9-24(10-4-2)12-13-5-7-14(8-6-13)16-15(11-19)17(20)23-18(21)22-16/h5-8H,3-4,9-10,12H2,1-2H3,(H4,20,21,22,23). The molecule has 4 N–H and O–H groups in total. The molecule has 126 valence electrons.